The van der Waals surface area contributed by atoms with Gasteiger partial charge >= 0.3 is 42.5 Å². The Labute approximate surface area is 159 Å². The first-order valence-electron chi connectivity index (χ1n) is 5.88. The molecule has 0 heterocycles. The summed E-state index contributed by atoms with van der Waals surface area (Å²) >= 11 is 0. The molecule has 0 saturated carbocycles. The molecular formula is C12H20MgO8Zn. The molecule has 0 saturated heterocycles. The minimum Gasteiger partial charge on any atom is -0.550 e. The molecule has 0 aromatic carbocycles. The van der Waals surface area contributed by atoms with Gasteiger partial charge in [-0.3, -0.25) is 0 Å². The zero-order valence-electron chi connectivity index (χ0n) is 13.5. The molecule has 0 amide bonds. The minimum atomic E-state index is -0.995. The molecule has 0 unspecified atom stereocenters. The van der Waals surface area contributed by atoms with E-state index in [-0.39, 0.29) is 68.2 Å². The van der Waals surface area contributed by atoms with Gasteiger partial charge in [0, 0.05) is 23.9 Å². The number of carboxylic acid groups (broad SMARTS) is 4. The largest absolute Gasteiger partial charge is 2.00 e. The molecule has 0 aliphatic carbocycles. The molecule has 0 rings (SSSR count). The third-order valence-corrected chi connectivity index (χ3v) is 1.15. The molecule has 0 radical (unpaired) electrons. The average Bonchev–Trinajstić information content (AvgIpc) is 2.40. The normalized spacial score (nSPS) is 6.73. The van der Waals surface area contributed by atoms with Gasteiger partial charge in [-0.15, -0.1) is 0 Å². The third kappa shape index (κ3) is 122. The van der Waals surface area contributed by atoms with E-state index in [0.29, 0.717) is 0 Å². The molecule has 8 nitrogen and oxygen atoms in total. The Morgan fingerprint density at radius 1 is 0.545 bits per heavy atom. The van der Waals surface area contributed by atoms with E-state index >= 15 is 0 Å². The number of hydrogen-bond donors (Lipinski definition) is 0. The summed E-state index contributed by atoms with van der Waals surface area (Å²) in [5, 5.41) is 37.0. The van der Waals surface area contributed by atoms with E-state index in [9.17, 15) is 39.6 Å². The molecule has 0 aromatic rings. The van der Waals surface area contributed by atoms with Gasteiger partial charge in [0.15, 0.2) is 0 Å². The first-order valence-corrected chi connectivity index (χ1v) is 5.88. The SMILES string of the molecule is CCC(=O)[O-].CCC(=O)[O-].CCC(=O)[O-].CCC(=O)[O-].[Mg+2].[Zn+2]. The van der Waals surface area contributed by atoms with Crippen molar-refractivity contribution in [1.29, 1.82) is 0 Å². The standard InChI is InChI=1S/4C3H6O2.Mg.Zn/c4*1-2-3(4)5;;/h4*2H2,1H3,(H,4,5);;/q;;;;2*+2/p-4. The Balaban J connectivity index is -0.0000000376. The second-order valence-corrected chi connectivity index (χ2v) is 2.90. The van der Waals surface area contributed by atoms with Crippen molar-refractivity contribution in [1.82, 2.24) is 0 Å². The predicted molar refractivity (Wildman–Crippen MR) is 66.9 cm³/mol. The van der Waals surface area contributed by atoms with Crippen LogP contribution in [0.3, 0.4) is 0 Å². The average molecular weight is 382 g/mol. The molecule has 0 spiro atoms. The van der Waals surface area contributed by atoms with Gasteiger partial charge in [0.2, 0.25) is 0 Å². The van der Waals surface area contributed by atoms with Gasteiger partial charge < -0.3 is 39.6 Å². The number of aliphatic carboxylic acids is 4. The molecule has 0 aliphatic heterocycles. The van der Waals surface area contributed by atoms with Crippen molar-refractivity contribution in [3.63, 3.8) is 0 Å². The number of carbonyl (C=O) groups is 4. The van der Waals surface area contributed by atoms with Crippen LogP contribution in [0.15, 0.2) is 0 Å². The number of carboxylic acids is 4. The summed E-state index contributed by atoms with van der Waals surface area (Å²) in [6, 6.07) is 0. The molecule has 120 valence electrons. The zero-order chi connectivity index (χ0) is 17.1. The Bertz CT molecular complexity index is 228. The molecule has 22 heavy (non-hydrogen) atoms. The monoisotopic (exact) mass is 380 g/mol. The van der Waals surface area contributed by atoms with Crippen LogP contribution in [-0.4, -0.2) is 46.9 Å². The fourth-order valence-electron chi connectivity index (χ4n) is 0. The Morgan fingerprint density at radius 2 is 0.591 bits per heavy atom. The van der Waals surface area contributed by atoms with Crippen molar-refractivity contribution in [2.45, 2.75) is 53.4 Å². The molecular weight excluding hydrogens is 362 g/mol. The van der Waals surface area contributed by atoms with E-state index in [1.807, 2.05) is 0 Å². The number of hydrogen-bond acceptors (Lipinski definition) is 8. The smallest absolute Gasteiger partial charge is 0.550 e. The molecule has 10 heteroatoms. The van der Waals surface area contributed by atoms with Crippen LogP contribution in [0, 0.1) is 0 Å². The van der Waals surface area contributed by atoms with E-state index < -0.39 is 23.9 Å². The van der Waals surface area contributed by atoms with Crippen molar-refractivity contribution in [3.8, 4) is 0 Å². The molecule has 0 aromatic heterocycles. The minimum absolute atomic E-state index is 0. The molecule has 0 bridgehead atoms. The van der Waals surface area contributed by atoms with E-state index in [2.05, 4.69) is 0 Å². The van der Waals surface area contributed by atoms with Crippen LogP contribution >= 0.6 is 0 Å². The maximum atomic E-state index is 9.26. The Kier molecular flexibility index (Phi) is 55.0. The fraction of sp³-hybridized carbons (Fsp3) is 0.667. The maximum absolute atomic E-state index is 9.26. The van der Waals surface area contributed by atoms with Crippen LogP contribution in [0.1, 0.15) is 53.4 Å². The van der Waals surface area contributed by atoms with Gasteiger partial charge in [0.05, 0.1) is 0 Å². The van der Waals surface area contributed by atoms with Crippen LogP contribution in [0.5, 0.6) is 0 Å². The summed E-state index contributed by atoms with van der Waals surface area (Å²) in [5.74, 6) is -3.98. The number of carbonyl (C=O) groups excluding carboxylic acids is 4. The van der Waals surface area contributed by atoms with Crippen LogP contribution in [0.2, 0.25) is 0 Å². The van der Waals surface area contributed by atoms with E-state index in [4.69, 9.17) is 0 Å². The van der Waals surface area contributed by atoms with Gasteiger partial charge in [-0.05, 0) is 25.7 Å². The van der Waals surface area contributed by atoms with Crippen molar-refractivity contribution in [2.75, 3.05) is 0 Å². The molecule has 0 atom stereocenters. The Hall–Kier alpha value is -0.730. The summed E-state index contributed by atoms with van der Waals surface area (Å²) in [7, 11) is 0. The second kappa shape index (κ2) is 32.3. The van der Waals surface area contributed by atoms with E-state index in [0.717, 1.165) is 0 Å². The van der Waals surface area contributed by atoms with Crippen molar-refractivity contribution >= 4 is 46.9 Å². The summed E-state index contributed by atoms with van der Waals surface area (Å²) in [6.45, 7) is 6.15. The van der Waals surface area contributed by atoms with Gasteiger partial charge in [-0.2, -0.15) is 0 Å². The third-order valence-electron chi connectivity index (χ3n) is 1.15. The van der Waals surface area contributed by atoms with Crippen LogP contribution in [0.4, 0.5) is 0 Å². The van der Waals surface area contributed by atoms with Gasteiger partial charge in [-0.25, -0.2) is 0 Å². The first kappa shape index (κ1) is 37.5. The Morgan fingerprint density at radius 3 is 0.591 bits per heavy atom. The topological polar surface area (TPSA) is 161 Å². The van der Waals surface area contributed by atoms with Gasteiger partial charge in [0.1, 0.15) is 0 Å². The van der Waals surface area contributed by atoms with Crippen LogP contribution < -0.4 is 20.4 Å². The van der Waals surface area contributed by atoms with Crippen molar-refractivity contribution in [2.24, 2.45) is 0 Å². The molecule has 0 aliphatic rings. The van der Waals surface area contributed by atoms with Crippen LogP contribution in [-0.2, 0) is 38.7 Å². The number of rotatable bonds is 4. The van der Waals surface area contributed by atoms with Crippen molar-refractivity contribution in [3.05, 3.63) is 0 Å². The zero-order valence-corrected chi connectivity index (χ0v) is 17.9. The summed E-state index contributed by atoms with van der Waals surface area (Å²) in [4.78, 5) is 37.0. The quantitative estimate of drug-likeness (QED) is 0.448. The first-order chi connectivity index (χ1) is 9.08. The van der Waals surface area contributed by atoms with Crippen LogP contribution in [0.25, 0.3) is 0 Å². The summed E-state index contributed by atoms with van der Waals surface area (Å²) in [6.07, 6.45) is 0.444. The molecule has 0 N–H and O–H groups in total. The summed E-state index contributed by atoms with van der Waals surface area (Å²) < 4.78 is 0. The maximum Gasteiger partial charge on any atom is 2.00 e. The fourth-order valence-corrected chi connectivity index (χ4v) is 0. The van der Waals surface area contributed by atoms with Gasteiger partial charge in [-0.1, -0.05) is 27.7 Å². The summed E-state index contributed by atoms with van der Waals surface area (Å²) in [5.41, 5.74) is 0. The van der Waals surface area contributed by atoms with E-state index in [1.165, 1.54) is 27.7 Å². The van der Waals surface area contributed by atoms with E-state index in [1.54, 1.807) is 0 Å². The second-order valence-electron chi connectivity index (χ2n) is 2.90. The predicted octanol–water partition coefficient (Wildman–Crippen LogP) is -3.80. The van der Waals surface area contributed by atoms with Gasteiger partial charge in [0.25, 0.3) is 0 Å². The molecule has 0 fully saturated rings. The van der Waals surface area contributed by atoms with Crippen molar-refractivity contribution < 1.29 is 59.1 Å².